The Bertz CT molecular complexity index is 837. The van der Waals surface area contributed by atoms with Gasteiger partial charge in [-0.3, -0.25) is 14.7 Å². The third-order valence-corrected chi connectivity index (χ3v) is 3.24. The molecule has 0 fully saturated rings. The molecule has 0 aliphatic carbocycles. The van der Waals surface area contributed by atoms with Crippen LogP contribution in [0.5, 0.6) is 0 Å². The van der Waals surface area contributed by atoms with Gasteiger partial charge in [-0.1, -0.05) is 29.8 Å². The molecule has 110 valence electrons. The summed E-state index contributed by atoms with van der Waals surface area (Å²) < 4.78 is 0. The van der Waals surface area contributed by atoms with E-state index < -0.39 is 11.8 Å². The number of anilines is 2. The molecule has 0 atom stereocenters. The largest absolute Gasteiger partial charge is 0.318 e. The highest BCUT2D eigenvalue weighted by molar-refractivity contribution is 6.44. The normalized spacial score (nSPS) is 10.4. The van der Waals surface area contributed by atoms with E-state index in [0.717, 1.165) is 10.9 Å². The van der Waals surface area contributed by atoms with Crippen molar-refractivity contribution in [2.75, 3.05) is 10.6 Å². The lowest BCUT2D eigenvalue weighted by Gasteiger charge is -2.07. The van der Waals surface area contributed by atoms with E-state index in [-0.39, 0.29) is 0 Å². The van der Waals surface area contributed by atoms with Crippen LogP contribution in [0.2, 0.25) is 0 Å². The molecule has 6 heteroatoms. The first-order valence-electron chi connectivity index (χ1n) is 6.74. The first-order valence-corrected chi connectivity index (χ1v) is 6.74. The van der Waals surface area contributed by atoms with E-state index in [0.29, 0.717) is 16.9 Å². The van der Waals surface area contributed by atoms with E-state index >= 15 is 0 Å². The van der Waals surface area contributed by atoms with Crippen LogP contribution in [0, 0.1) is 6.92 Å². The Morgan fingerprint density at radius 1 is 1.00 bits per heavy atom. The van der Waals surface area contributed by atoms with Gasteiger partial charge in [0.05, 0.1) is 17.4 Å². The monoisotopic (exact) mass is 294 g/mol. The molecule has 1 heterocycles. The van der Waals surface area contributed by atoms with Crippen LogP contribution < -0.4 is 10.6 Å². The summed E-state index contributed by atoms with van der Waals surface area (Å²) in [5, 5.41) is 12.7. The maximum Gasteiger partial charge on any atom is 0.314 e. The number of carbonyl (C=O) groups excluding carboxylic acids is 2. The van der Waals surface area contributed by atoms with Gasteiger partial charge in [0.15, 0.2) is 0 Å². The molecular weight excluding hydrogens is 280 g/mol. The van der Waals surface area contributed by atoms with Crippen LogP contribution in [0.3, 0.4) is 0 Å². The van der Waals surface area contributed by atoms with Gasteiger partial charge in [0.1, 0.15) is 0 Å². The van der Waals surface area contributed by atoms with Gasteiger partial charge in [-0.05, 0) is 25.1 Å². The summed E-state index contributed by atoms with van der Waals surface area (Å²) in [6, 6.07) is 12.6. The van der Waals surface area contributed by atoms with Crippen LogP contribution in [0.1, 0.15) is 5.56 Å². The molecular formula is C16H14N4O2. The first kappa shape index (κ1) is 13.8. The highest BCUT2D eigenvalue weighted by Gasteiger charge is 2.15. The molecule has 0 aliphatic rings. The number of fused-ring (bicyclic) bond motifs is 1. The SMILES string of the molecule is Cc1ccc(NC(=O)C(=O)Nc2cccc3cn[nH]c23)cc1. The van der Waals surface area contributed by atoms with Gasteiger partial charge in [0.2, 0.25) is 0 Å². The Labute approximate surface area is 126 Å². The molecule has 0 bridgehead atoms. The molecule has 0 saturated heterocycles. The van der Waals surface area contributed by atoms with Crippen LogP contribution >= 0.6 is 0 Å². The summed E-state index contributed by atoms with van der Waals surface area (Å²) in [5.41, 5.74) is 2.84. The summed E-state index contributed by atoms with van der Waals surface area (Å²) in [6.07, 6.45) is 1.65. The van der Waals surface area contributed by atoms with Crippen molar-refractivity contribution in [3.05, 3.63) is 54.2 Å². The topological polar surface area (TPSA) is 86.9 Å². The molecule has 2 amide bonds. The van der Waals surface area contributed by atoms with Gasteiger partial charge in [0, 0.05) is 11.1 Å². The summed E-state index contributed by atoms with van der Waals surface area (Å²) in [5.74, 6) is -1.46. The number of benzene rings is 2. The number of amides is 2. The molecule has 2 aromatic carbocycles. The number of aryl methyl sites for hydroxylation is 1. The summed E-state index contributed by atoms with van der Waals surface area (Å²) in [4.78, 5) is 23.9. The van der Waals surface area contributed by atoms with Gasteiger partial charge in [0.25, 0.3) is 0 Å². The summed E-state index contributed by atoms with van der Waals surface area (Å²) in [7, 11) is 0. The van der Waals surface area contributed by atoms with Crippen molar-refractivity contribution in [3.8, 4) is 0 Å². The molecule has 3 rings (SSSR count). The van der Waals surface area contributed by atoms with Crippen molar-refractivity contribution < 1.29 is 9.59 Å². The molecule has 6 nitrogen and oxygen atoms in total. The Kier molecular flexibility index (Phi) is 3.57. The number of hydrogen-bond acceptors (Lipinski definition) is 3. The van der Waals surface area contributed by atoms with E-state index in [9.17, 15) is 9.59 Å². The summed E-state index contributed by atoms with van der Waals surface area (Å²) in [6.45, 7) is 1.95. The predicted octanol–water partition coefficient (Wildman–Crippen LogP) is 2.45. The zero-order valence-corrected chi connectivity index (χ0v) is 11.9. The zero-order valence-electron chi connectivity index (χ0n) is 11.9. The van der Waals surface area contributed by atoms with Gasteiger partial charge < -0.3 is 10.6 Å². The number of aromatic amines is 1. The van der Waals surface area contributed by atoms with Crippen LogP contribution in [0.25, 0.3) is 10.9 Å². The maximum absolute atomic E-state index is 12.0. The number of rotatable bonds is 2. The number of para-hydroxylation sites is 1. The highest BCUT2D eigenvalue weighted by atomic mass is 16.2. The van der Waals surface area contributed by atoms with E-state index in [1.165, 1.54) is 0 Å². The van der Waals surface area contributed by atoms with E-state index in [2.05, 4.69) is 20.8 Å². The van der Waals surface area contributed by atoms with Crippen molar-refractivity contribution in [1.82, 2.24) is 10.2 Å². The molecule has 22 heavy (non-hydrogen) atoms. The maximum atomic E-state index is 12.0. The Morgan fingerprint density at radius 3 is 2.50 bits per heavy atom. The average Bonchev–Trinajstić information content (AvgIpc) is 2.99. The number of nitrogens with zero attached hydrogens (tertiary/aromatic N) is 1. The third-order valence-electron chi connectivity index (χ3n) is 3.24. The second kappa shape index (κ2) is 5.69. The van der Waals surface area contributed by atoms with Crippen LogP contribution in [0.15, 0.2) is 48.7 Å². The minimum atomic E-state index is -0.734. The second-order valence-corrected chi connectivity index (χ2v) is 4.91. The molecule has 0 spiro atoms. The van der Waals surface area contributed by atoms with E-state index in [4.69, 9.17) is 0 Å². The summed E-state index contributed by atoms with van der Waals surface area (Å²) >= 11 is 0. The molecule has 0 saturated carbocycles. The Hall–Kier alpha value is -3.15. The number of nitrogens with one attached hydrogen (secondary N) is 3. The van der Waals surface area contributed by atoms with E-state index in [1.54, 1.807) is 30.5 Å². The predicted molar refractivity (Wildman–Crippen MR) is 84.5 cm³/mol. The van der Waals surface area contributed by atoms with E-state index in [1.807, 2.05) is 25.1 Å². The highest BCUT2D eigenvalue weighted by Crippen LogP contribution is 2.20. The van der Waals surface area contributed by atoms with Crippen molar-refractivity contribution in [3.63, 3.8) is 0 Å². The minimum Gasteiger partial charge on any atom is -0.318 e. The average molecular weight is 294 g/mol. The van der Waals surface area contributed by atoms with Crippen molar-refractivity contribution in [2.24, 2.45) is 0 Å². The number of aromatic nitrogens is 2. The van der Waals surface area contributed by atoms with Crippen molar-refractivity contribution in [2.45, 2.75) is 6.92 Å². The standard InChI is InChI=1S/C16H14N4O2/c1-10-5-7-12(8-6-10)18-15(21)16(22)19-13-4-2-3-11-9-17-20-14(11)13/h2-9H,1H3,(H,17,20)(H,18,21)(H,19,22). The molecule has 0 radical (unpaired) electrons. The molecule has 0 aliphatic heterocycles. The zero-order chi connectivity index (χ0) is 15.5. The fourth-order valence-electron chi connectivity index (χ4n) is 2.08. The van der Waals surface area contributed by atoms with Crippen LogP contribution in [-0.4, -0.2) is 22.0 Å². The lowest BCUT2D eigenvalue weighted by molar-refractivity contribution is -0.132. The fraction of sp³-hybridized carbons (Fsp3) is 0.0625. The molecule has 1 aromatic heterocycles. The lowest BCUT2D eigenvalue weighted by atomic mass is 10.2. The minimum absolute atomic E-state index is 0.513. The number of carbonyl (C=O) groups is 2. The number of H-pyrrole nitrogens is 1. The van der Waals surface area contributed by atoms with Gasteiger partial charge >= 0.3 is 11.8 Å². The Balaban J connectivity index is 1.72. The van der Waals surface area contributed by atoms with Crippen LogP contribution in [-0.2, 0) is 9.59 Å². The smallest absolute Gasteiger partial charge is 0.314 e. The van der Waals surface area contributed by atoms with Gasteiger partial charge in [-0.25, -0.2) is 0 Å². The van der Waals surface area contributed by atoms with Crippen molar-refractivity contribution in [1.29, 1.82) is 0 Å². The lowest BCUT2D eigenvalue weighted by Crippen LogP contribution is -2.29. The van der Waals surface area contributed by atoms with Crippen LogP contribution in [0.4, 0.5) is 11.4 Å². The van der Waals surface area contributed by atoms with Gasteiger partial charge in [-0.15, -0.1) is 0 Å². The Morgan fingerprint density at radius 2 is 1.73 bits per heavy atom. The third kappa shape index (κ3) is 2.80. The molecule has 3 N–H and O–H groups in total. The van der Waals surface area contributed by atoms with Gasteiger partial charge in [-0.2, -0.15) is 5.10 Å². The quantitative estimate of drug-likeness (QED) is 0.634. The molecule has 0 unspecified atom stereocenters. The molecule has 3 aromatic rings. The van der Waals surface area contributed by atoms with Crippen molar-refractivity contribution >= 4 is 34.1 Å². The second-order valence-electron chi connectivity index (χ2n) is 4.91. The number of hydrogen-bond donors (Lipinski definition) is 3. The fourth-order valence-corrected chi connectivity index (χ4v) is 2.08. The first-order chi connectivity index (χ1) is 10.6.